The Morgan fingerprint density at radius 2 is 1.76 bits per heavy atom. The van der Waals surface area contributed by atoms with Gasteiger partial charge in [0.1, 0.15) is 31.2 Å². The average Bonchev–Trinajstić information content (AvgIpc) is 3.72. The lowest BCUT2D eigenvalue weighted by molar-refractivity contribution is -0.147. The number of rotatable bonds is 18. The molecule has 2 aromatic heterocycles. The Hall–Kier alpha value is -4.77. The van der Waals surface area contributed by atoms with E-state index in [-0.39, 0.29) is 41.7 Å². The highest BCUT2D eigenvalue weighted by molar-refractivity contribution is 5.85. The number of nitrogens with zero attached hydrogens (tertiary/aromatic N) is 4. The molecule has 2 fully saturated rings. The van der Waals surface area contributed by atoms with E-state index >= 15 is 0 Å². The monoisotopic (exact) mass is 804 g/mol. The smallest absolute Gasteiger partial charge is 0.416 e. The SMILES string of the molecule is [C-]#[N+]c1c(CC2C(CC(C)C)CC(C)CC2C(C)(C)C)c2[nH]c(-c3ccc(OC)c(NCOC4(CC)CC4)c3)nn2c1OC(=O)N(CC(=O)OCC)CC(=O)OCC. The number of nitrogens with one attached hydrogen (secondary N) is 2. The Morgan fingerprint density at radius 3 is 2.31 bits per heavy atom. The van der Waals surface area contributed by atoms with Crippen molar-refractivity contribution in [2.24, 2.45) is 35.0 Å². The number of ether oxygens (including phenoxy) is 5. The third kappa shape index (κ3) is 10.4. The van der Waals surface area contributed by atoms with Crippen LogP contribution in [0.2, 0.25) is 0 Å². The number of fused-ring (bicyclic) bond motifs is 1. The Morgan fingerprint density at radius 1 is 1.09 bits per heavy atom. The van der Waals surface area contributed by atoms with Crippen LogP contribution in [0.1, 0.15) is 106 Å². The van der Waals surface area contributed by atoms with Crippen LogP contribution in [-0.2, 0) is 30.2 Å². The normalized spacial score (nSPS) is 20.0. The van der Waals surface area contributed by atoms with E-state index in [1.165, 1.54) is 4.52 Å². The van der Waals surface area contributed by atoms with Crippen molar-refractivity contribution in [3.05, 3.63) is 35.2 Å². The summed E-state index contributed by atoms with van der Waals surface area (Å²) in [5.74, 6) is 1.65. The zero-order chi connectivity index (χ0) is 42.4. The van der Waals surface area contributed by atoms with Crippen molar-refractivity contribution < 1.29 is 38.1 Å². The number of methoxy groups -OCH3 is 1. The highest BCUT2D eigenvalue weighted by Crippen LogP contribution is 2.52. The van der Waals surface area contributed by atoms with Crippen molar-refractivity contribution >= 4 is 35.1 Å². The number of hydrogen-bond acceptors (Lipinski definition) is 10. The minimum absolute atomic E-state index is 0.00727. The summed E-state index contributed by atoms with van der Waals surface area (Å²) in [5.41, 5.74) is 2.77. The van der Waals surface area contributed by atoms with Gasteiger partial charge in [-0.1, -0.05) is 48.5 Å². The third-order valence-electron chi connectivity index (χ3n) is 11.8. The predicted molar refractivity (Wildman–Crippen MR) is 222 cm³/mol. The highest BCUT2D eigenvalue weighted by atomic mass is 16.6. The average molecular weight is 805 g/mol. The largest absolute Gasteiger partial charge is 0.495 e. The zero-order valence-electron chi connectivity index (χ0n) is 36.2. The Kier molecular flexibility index (Phi) is 14.4. The fourth-order valence-corrected chi connectivity index (χ4v) is 8.76. The zero-order valence-corrected chi connectivity index (χ0v) is 36.2. The van der Waals surface area contributed by atoms with Crippen molar-refractivity contribution in [2.45, 2.75) is 113 Å². The molecule has 2 aliphatic rings. The molecule has 4 atom stereocenters. The van der Waals surface area contributed by atoms with Crippen LogP contribution in [-0.4, -0.2) is 83.3 Å². The molecular weight excluding hydrogens is 741 g/mol. The van der Waals surface area contributed by atoms with Gasteiger partial charge in [0.05, 0.1) is 38.2 Å². The molecule has 2 N–H and O–H groups in total. The van der Waals surface area contributed by atoms with E-state index < -0.39 is 31.1 Å². The second-order valence-electron chi connectivity index (χ2n) is 17.5. The molecule has 0 saturated heterocycles. The standard InChI is InChI=1S/C44H64N6O8/c1-12-44(17-18-44)57-26-46-34-22-29(15-16-35(34)54-11)39-47-40-32(23-31-30(19-27(4)5)20-28(6)21-33(31)43(7,8)9)38(45-10)41(50(40)48-39)58-42(53)49(24-36(51)55-13-2)25-37(52)56-14-3/h15-16,22,27-28,30-31,33,46H,12-14,17-21,23-26H2,1-9,11H3,(H,47,48). The number of esters is 2. The van der Waals surface area contributed by atoms with Crippen molar-refractivity contribution in [1.29, 1.82) is 0 Å². The summed E-state index contributed by atoms with van der Waals surface area (Å²) in [6.45, 7) is 27.1. The van der Waals surface area contributed by atoms with Crippen LogP contribution in [0.25, 0.3) is 21.9 Å². The maximum Gasteiger partial charge on any atom is 0.416 e. The fourth-order valence-electron chi connectivity index (χ4n) is 8.76. The molecule has 0 aliphatic heterocycles. The van der Waals surface area contributed by atoms with Gasteiger partial charge in [0.15, 0.2) is 5.82 Å². The predicted octanol–water partition coefficient (Wildman–Crippen LogP) is 9.06. The number of hydrogen-bond donors (Lipinski definition) is 2. The van der Waals surface area contributed by atoms with Gasteiger partial charge in [-0.3, -0.25) is 14.5 Å². The maximum atomic E-state index is 14.0. The van der Waals surface area contributed by atoms with Crippen LogP contribution in [0, 0.1) is 41.6 Å². The van der Waals surface area contributed by atoms with Gasteiger partial charge in [-0.25, -0.2) is 9.64 Å². The fraction of sp³-hybridized carbons (Fsp3) is 0.659. The van der Waals surface area contributed by atoms with E-state index in [1.807, 2.05) is 18.2 Å². The lowest BCUT2D eigenvalue weighted by Crippen LogP contribution is -2.42. The second-order valence-corrected chi connectivity index (χ2v) is 17.5. The molecule has 318 valence electrons. The van der Waals surface area contributed by atoms with Crippen molar-refractivity contribution in [3.63, 3.8) is 0 Å². The molecule has 1 amide bonds. The van der Waals surface area contributed by atoms with Crippen LogP contribution in [0.15, 0.2) is 18.2 Å². The van der Waals surface area contributed by atoms with Gasteiger partial charge >= 0.3 is 18.0 Å². The summed E-state index contributed by atoms with van der Waals surface area (Å²) < 4.78 is 29.6. The third-order valence-corrected chi connectivity index (χ3v) is 11.8. The Balaban J connectivity index is 1.62. The van der Waals surface area contributed by atoms with Gasteiger partial charge in [-0.2, -0.15) is 4.52 Å². The van der Waals surface area contributed by atoms with Gasteiger partial charge in [0.2, 0.25) is 5.88 Å². The van der Waals surface area contributed by atoms with E-state index in [1.54, 1.807) is 21.0 Å². The van der Waals surface area contributed by atoms with Gasteiger partial charge in [0.25, 0.3) is 5.69 Å². The highest BCUT2D eigenvalue weighted by Gasteiger charge is 2.44. The summed E-state index contributed by atoms with van der Waals surface area (Å²) in [6, 6.07) is 5.66. The summed E-state index contributed by atoms with van der Waals surface area (Å²) in [4.78, 5) is 47.6. The molecule has 0 radical (unpaired) electrons. The van der Waals surface area contributed by atoms with Gasteiger partial charge in [-0.15, -0.1) is 5.10 Å². The first-order valence-electron chi connectivity index (χ1n) is 20.9. The molecule has 2 aliphatic carbocycles. The molecular formula is C44H64N6O8. The minimum Gasteiger partial charge on any atom is -0.495 e. The molecule has 0 bridgehead atoms. The number of carbonyl (C=O) groups excluding carboxylic acids is 3. The number of aromatic nitrogens is 3. The van der Waals surface area contributed by atoms with E-state index in [0.717, 1.165) is 54.7 Å². The molecule has 58 heavy (non-hydrogen) atoms. The Bertz CT molecular complexity index is 1930. The van der Waals surface area contributed by atoms with Crippen LogP contribution < -0.4 is 14.8 Å². The van der Waals surface area contributed by atoms with Gasteiger partial charge in [-0.05, 0) is 112 Å². The van der Waals surface area contributed by atoms with E-state index in [4.69, 9.17) is 35.4 Å². The minimum atomic E-state index is -1.02. The first-order valence-corrected chi connectivity index (χ1v) is 20.9. The number of anilines is 1. The lowest BCUT2D eigenvalue weighted by atomic mass is 9.57. The molecule has 14 nitrogen and oxygen atoms in total. The second kappa shape index (κ2) is 18.9. The summed E-state index contributed by atoms with van der Waals surface area (Å²) >= 11 is 0. The number of aromatic amines is 1. The van der Waals surface area contributed by atoms with Crippen molar-refractivity contribution in [3.8, 4) is 23.0 Å². The van der Waals surface area contributed by atoms with Gasteiger partial charge in [0, 0.05) is 11.1 Å². The van der Waals surface area contributed by atoms with Crippen molar-refractivity contribution in [1.82, 2.24) is 19.5 Å². The van der Waals surface area contributed by atoms with Crippen molar-refractivity contribution in [2.75, 3.05) is 45.5 Å². The Labute approximate surface area is 343 Å². The van der Waals surface area contributed by atoms with E-state index in [0.29, 0.717) is 59.6 Å². The topological polar surface area (TPSA) is 150 Å². The first kappa shape index (κ1) is 44.3. The molecule has 4 unspecified atom stereocenters. The molecule has 2 saturated carbocycles. The van der Waals surface area contributed by atoms with Crippen LogP contribution in [0.3, 0.4) is 0 Å². The number of amides is 1. The molecule has 14 heteroatoms. The quantitative estimate of drug-likeness (QED) is 0.0724. The lowest BCUT2D eigenvalue weighted by Gasteiger charge is -2.48. The maximum absolute atomic E-state index is 14.0. The van der Waals surface area contributed by atoms with Crippen LogP contribution in [0.4, 0.5) is 16.2 Å². The summed E-state index contributed by atoms with van der Waals surface area (Å²) in [5, 5.41) is 8.30. The molecule has 5 rings (SSSR count). The summed E-state index contributed by atoms with van der Waals surface area (Å²) in [7, 11) is 1.61. The number of benzene rings is 1. The number of H-pyrrole nitrogens is 1. The van der Waals surface area contributed by atoms with Gasteiger partial charge < -0.3 is 34.0 Å². The summed E-state index contributed by atoms with van der Waals surface area (Å²) in [6.07, 6.45) is 5.81. The molecule has 3 aromatic rings. The van der Waals surface area contributed by atoms with Crippen LogP contribution in [0.5, 0.6) is 11.6 Å². The van der Waals surface area contributed by atoms with Crippen LogP contribution >= 0.6 is 0 Å². The first-order chi connectivity index (χ1) is 27.6. The molecule has 0 spiro atoms. The van der Waals surface area contributed by atoms with E-state index in [2.05, 4.69) is 63.6 Å². The van der Waals surface area contributed by atoms with E-state index in [9.17, 15) is 14.4 Å². The number of carbonyl (C=O) groups is 3. The molecule has 2 heterocycles. The molecule has 1 aromatic carbocycles.